The molecule has 0 aliphatic heterocycles. The lowest BCUT2D eigenvalue weighted by Gasteiger charge is -2.21. The minimum Gasteiger partial charge on any atom is -0.314 e. The molecule has 0 aromatic heterocycles. The zero-order valence-electron chi connectivity index (χ0n) is 11.0. The molecule has 0 bridgehead atoms. The molecule has 1 saturated carbocycles. The molecule has 17 heavy (non-hydrogen) atoms. The number of hydrogen-bond acceptors (Lipinski definition) is 1. The first-order valence-electron chi connectivity index (χ1n) is 6.57. The van der Waals surface area contributed by atoms with Crippen LogP contribution in [0.5, 0.6) is 0 Å². The summed E-state index contributed by atoms with van der Waals surface area (Å²) >= 11 is 6.18. The molecular formula is C15H22ClN. The summed E-state index contributed by atoms with van der Waals surface area (Å²) < 4.78 is 0. The van der Waals surface area contributed by atoms with Gasteiger partial charge >= 0.3 is 0 Å². The monoisotopic (exact) mass is 251 g/mol. The summed E-state index contributed by atoms with van der Waals surface area (Å²) in [5.41, 5.74) is 2.51. The number of hydrogen-bond donors (Lipinski definition) is 1. The Hall–Kier alpha value is -0.530. The second-order valence-electron chi connectivity index (χ2n) is 5.46. The summed E-state index contributed by atoms with van der Waals surface area (Å²) in [5, 5.41) is 4.49. The van der Waals surface area contributed by atoms with Crippen LogP contribution in [0, 0.1) is 12.8 Å². The number of benzene rings is 1. The van der Waals surface area contributed by atoms with E-state index in [1.807, 2.05) is 0 Å². The maximum Gasteiger partial charge on any atom is 0.0438 e. The van der Waals surface area contributed by atoms with Gasteiger partial charge in [0.25, 0.3) is 0 Å². The first-order valence-corrected chi connectivity index (χ1v) is 6.95. The Kier molecular flexibility index (Phi) is 4.11. The van der Waals surface area contributed by atoms with Crippen molar-refractivity contribution in [2.24, 2.45) is 5.92 Å². The summed E-state index contributed by atoms with van der Waals surface area (Å²) in [7, 11) is 0. The lowest BCUT2D eigenvalue weighted by molar-refractivity contribution is 0.446. The highest BCUT2D eigenvalue weighted by atomic mass is 35.5. The average Bonchev–Trinajstić information content (AvgIpc) is 3.12. The van der Waals surface area contributed by atoms with Gasteiger partial charge in [0.05, 0.1) is 0 Å². The summed E-state index contributed by atoms with van der Waals surface area (Å²) in [6.07, 6.45) is 2.72. The highest BCUT2D eigenvalue weighted by Crippen LogP contribution is 2.28. The molecule has 2 atom stereocenters. The second-order valence-corrected chi connectivity index (χ2v) is 5.86. The van der Waals surface area contributed by atoms with E-state index in [-0.39, 0.29) is 0 Å². The largest absolute Gasteiger partial charge is 0.314 e. The number of rotatable bonds is 5. The Morgan fingerprint density at radius 2 is 2.06 bits per heavy atom. The number of halogens is 1. The smallest absolute Gasteiger partial charge is 0.0438 e. The van der Waals surface area contributed by atoms with Gasteiger partial charge in [0, 0.05) is 11.1 Å². The SMILES string of the molecule is Cc1ccc(C(C)C(C)CNC2CC2)cc1Cl. The van der Waals surface area contributed by atoms with Crippen LogP contribution in [0.4, 0.5) is 0 Å². The van der Waals surface area contributed by atoms with E-state index in [1.54, 1.807) is 0 Å². The summed E-state index contributed by atoms with van der Waals surface area (Å²) in [4.78, 5) is 0. The molecule has 1 aromatic rings. The Bertz CT molecular complexity index is 385. The average molecular weight is 252 g/mol. The molecule has 2 unspecified atom stereocenters. The van der Waals surface area contributed by atoms with Gasteiger partial charge in [-0.2, -0.15) is 0 Å². The van der Waals surface area contributed by atoms with Crippen molar-refractivity contribution in [3.63, 3.8) is 0 Å². The summed E-state index contributed by atoms with van der Waals surface area (Å²) in [5.74, 6) is 1.20. The van der Waals surface area contributed by atoms with Crippen LogP contribution >= 0.6 is 11.6 Å². The lowest BCUT2D eigenvalue weighted by Crippen LogP contribution is -2.26. The predicted molar refractivity (Wildman–Crippen MR) is 74.8 cm³/mol. The molecule has 1 N–H and O–H groups in total. The molecule has 0 saturated heterocycles. The van der Waals surface area contributed by atoms with Crippen molar-refractivity contribution in [1.82, 2.24) is 5.32 Å². The molecule has 0 heterocycles. The standard InChI is InChI=1S/C15H22ClN/c1-10-4-5-13(8-15(10)16)12(3)11(2)9-17-14-6-7-14/h4-5,8,11-12,14,17H,6-7,9H2,1-3H3. The molecule has 2 heteroatoms. The Morgan fingerprint density at radius 3 is 2.65 bits per heavy atom. The summed E-state index contributed by atoms with van der Waals surface area (Å²) in [6, 6.07) is 7.25. The molecule has 0 radical (unpaired) electrons. The molecule has 1 fully saturated rings. The topological polar surface area (TPSA) is 12.0 Å². The highest BCUT2D eigenvalue weighted by Gasteiger charge is 2.22. The van der Waals surface area contributed by atoms with Crippen LogP contribution in [0.3, 0.4) is 0 Å². The third-order valence-corrected chi connectivity index (χ3v) is 4.29. The quantitative estimate of drug-likeness (QED) is 0.829. The fourth-order valence-corrected chi connectivity index (χ4v) is 2.23. The van der Waals surface area contributed by atoms with Crippen molar-refractivity contribution in [2.75, 3.05) is 6.54 Å². The first kappa shape index (κ1) is 12.9. The minimum absolute atomic E-state index is 0.555. The van der Waals surface area contributed by atoms with Gasteiger partial charge in [0.1, 0.15) is 0 Å². The van der Waals surface area contributed by atoms with E-state index in [0.717, 1.165) is 23.2 Å². The van der Waals surface area contributed by atoms with Gasteiger partial charge in [-0.15, -0.1) is 0 Å². The van der Waals surface area contributed by atoms with Gasteiger partial charge in [-0.25, -0.2) is 0 Å². The lowest BCUT2D eigenvalue weighted by atomic mass is 9.88. The molecule has 1 aliphatic rings. The van der Waals surface area contributed by atoms with Gasteiger partial charge in [0.15, 0.2) is 0 Å². The molecule has 94 valence electrons. The van der Waals surface area contributed by atoms with Crippen LogP contribution in [-0.4, -0.2) is 12.6 Å². The highest BCUT2D eigenvalue weighted by molar-refractivity contribution is 6.31. The van der Waals surface area contributed by atoms with Crippen LogP contribution in [0.25, 0.3) is 0 Å². The number of aryl methyl sites for hydroxylation is 1. The van der Waals surface area contributed by atoms with Crippen LogP contribution in [-0.2, 0) is 0 Å². The van der Waals surface area contributed by atoms with Crippen molar-refractivity contribution in [3.05, 3.63) is 34.3 Å². The van der Waals surface area contributed by atoms with E-state index in [0.29, 0.717) is 11.8 Å². The fraction of sp³-hybridized carbons (Fsp3) is 0.600. The Labute approximate surface area is 110 Å². The van der Waals surface area contributed by atoms with E-state index in [2.05, 4.69) is 44.3 Å². The third kappa shape index (κ3) is 3.46. The van der Waals surface area contributed by atoms with E-state index in [1.165, 1.54) is 18.4 Å². The van der Waals surface area contributed by atoms with E-state index in [9.17, 15) is 0 Å². The van der Waals surface area contributed by atoms with Gasteiger partial charge in [-0.3, -0.25) is 0 Å². The van der Waals surface area contributed by atoms with Gasteiger partial charge in [-0.05, 0) is 55.3 Å². The zero-order valence-corrected chi connectivity index (χ0v) is 11.7. The summed E-state index contributed by atoms with van der Waals surface area (Å²) in [6.45, 7) is 7.76. The first-order chi connectivity index (χ1) is 8.08. The normalized spacial score (nSPS) is 19.1. The maximum absolute atomic E-state index is 6.18. The van der Waals surface area contributed by atoms with Gasteiger partial charge in [-0.1, -0.05) is 37.6 Å². The van der Waals surface area contributed by atoms with Crippen LogP contribution in [0.2, 0.25) is 5.02 Å². The van der Waals surface area contributed by atoms with Crippen molar-refractivity contribution in [1.29, 1.82) is 0 Å². The molecule has 1 nitrogen and oxygen atoms in total. The molecule has 2 rings (SSSR count). The van der Waals surface area contributed by atoms with Crippen molar-refractivity contribution < 1.29 is 0 Å². The maximum atomic E-state index is 6.18. The molecule has 1 aromatic carbocycles. The predicted octanol–water partition coefficient (Wildman–Crippen LogP) is 4.14. The molecular weight excluding hydrogens is 230 g/mol. The third-order valence-electron chi connectivity index (χ3n) is 3.88. The molecule has 1 aliphatic carbocycles. The van der Waals surface area contributed by atoms with E-state index >= 15 is 0 Å². The molecule has 0 spiro atoms. The van der Waals surface area contributed by atoms with Crippen LogP contribution in [0.1, 0.15) is 43.7 Å². The fourth-order valence-electron chi connectivity index (χ4n) is 2.04. The van der Waals surface area contributed by atoms with Gasteiger partial charge in [0.2, 0.25) is 0 Å². The van der Waals surface area contributed by atoms with E-state index in [4.69, 9.17) is 11.6 Å². The Morgan fingerprint density at radius 1 is 1.35 bits per heavy atom. The number of nitrogens with one attached hydrogen (secondary N) is 1. The van der Waals surface area contributed by atoms with Crippen molar-refractivity contribution >= 4 is 11.6 Å². The van der Waals surface area contributed by atoms with Crippen LogP contribution in [0.15, 0.2) is 18.2 Å². The molecule has 0 amide bonds. The van der Waals surface area contributed by atoms with Crippen molar-refractivity contribution in [3.8, 4) is 0 Å². The van der Waals surface area contributed by atoms with E-state index < -0.39 is 0 Å². The zero-order chi connectivity index (χ0) is 12.4. The van der Waals surface area contributed by atoms with Crippen molar-refractivity contribution in [2.45, 2.75) is 45.6 Å². The second kappa shape index (κ2) is 5.41. The van der Waals surface area contributed by atoms with Crippen LogP contribution < -0.4 is 5.32 Å². The minimum atomic E-state index is 0.555. The Balaban J connectivity index is 1.96. The van der Waals surface area contributed by atoms with Gasteiger partial charge < -0.3 is 5.32 Å².